The molecule has 3 atom stereocenters. The summed E-state index contributed by atoms with van der Waals surface area (Å²) in [6.07, 6.45) is 67.6. The van der Waals surface area contributed by atoms with Gasteiger partial charge in [-0.2, -0.15) is 0 Å². The topological polar surface area (TPSA) is 89.8 Å². The molecule has 1 amide bonds. The minimum absolute atomic E-state index is 0.00519. The maximum absolute atomic E-state index is 12.4. The van der Waals surface area contributed by atoms with E-state index in [2.05, 4.69) is 55.6 Å². The van der Waals surface area contributed by atoms with Gasteiger partial charge in [-0.25, -0.2) is 0 Å². The van der Waals surface area contributed by atoms with Gasteiger partial charge in [0.15, 0.2) is 0 Å². The lowest BCUT2D eigenvalue weighted by Crippen LogP contribution is -2.45. The van der Waals surface area contributed by atoms with Crippen LogP contribution < -0.4 is 5.32 Å². The van der Waals surface area contributed by atoms with Crippen molar-refractivity contribution in [3.05, 3.63) is 48.6 Å². The van der Waals surface area contributed by atoms with Crippen LogP contribution in [0.5, 0.6) is 0 Å². The first kappa shape index (κ1) is 59.3. The monoisotopic (exact) mass is 856 g/mol. The van der Waals surface area contributed by atoms with Crippen molar-refractivity contribution in [2.45, 2.75) is 295 Å². The van der Waals surface area contributed by atoms with E-state index in [0.29, 0.717) is 6.42 Å². The normalized spacial score (nSPS) is 13.7. The lowest BCUT2D eigenvalue weighted by atomic mass is 10.0. The summed E-state index contributed by atoms with van der Waals surface area (Å²) >= 11 is 0. The number of carbonyl (C=O) groups excluding carboxylic acids is 1. The third-order valence-electron chi connectivity index (χ3n) is 12.3. The summed E-state index contributed by atoms with van der Waals surface area (Å²) in [5.41, 5.74) is 0. The van der Waals surface area contributed by atoms with Gasteiger partial charge in [-0.3, -0.25) is 4.79 Å². The van der Waals surface area contributed by atoms with Gasteiger partial charge in [0.1, 0.15) is 0 Å². The molecular weight excluding hydrogens is 751 g/mol. The Morgan fingerprint density at radius 2 is 0.754 bits per heavy atom. The highest BCUT2D eigenvalue weighted by molar-refractivity contribution is 5.76. The van der Waals surface area contributed by atoms with Crippen LogP contribution in [0.15, 0.2) is 48.6 Å². The van der Waals surface area contributed by atoms with Gasteiger partial charge in [0, 0.05) is 0 Å². The van der Waals surface area contributed by atoms with E-state index in [4.69, 9.17) is 0 Å². The average Bonchev–Trinajstić information content (AvgIpc) is 3.25. The van der Waals surface area contributed by atoms with Gasteiger partial charge in [-0.1, -0.05) is 255 Å². The highest BCUT2D eigenvalue weighted by atomic mass is 16.3. The number of allylic oxidation sites excluding steroid dienone is 7. The summed E-state index contributed by atoms with van der Waals surface area (Å²) in [5, 5.41) is 33.1. The number of hydrogen-bond acceptors (Lipinski definition) is 4. The van der Waals surface area contributed by atoms with Crippen LogP contribution in [0.25, 0.3) is 0 Å². The summed E-state index contributed by atoms with van der Waals surface area (Å²) in [5.74, 6) is -0.327. The maximum Gasteiger partial charge on any atom is 0.222 e. The molecular formula is C56H105NO4. The molecule has 0 aromatic rings. The van der Waals surface area contributed by atoms with Crippen LogP contribution in [-0.4, -0.2) is 46.1 Å². The van der Waals surface area contributed by atoms with Crippen LogP contribution in [0.4, 0.5) is 0 Å². The standard InChI is InChI=1S/C56H105NO4/c1-3-5-7-9-11-13-14-15-16-17-18-19-20-21-22-23-24-25-26-27-28-29-30-31-32-33-34-35-36-37-38-39-40-42-43-45-47-49-53(59)51-56(61)57-54(52-58)55(60)50-48-46-44-41-12-10-8-6-4-2/h12,24-25,27-28,41,48,50,53-55,58-60H,3-11,13-23,26,29-40,42-47,49,51-52H2,1-2H3,(H,57,61)/b25-24-,28-27-,41-12+,50-48+. The first-order valence-electron chi connectivity index (χ1n) is 26.9. The number of aliphatic hydroxyl groups is 3. The summed E-state index contributed by atoms with van der Waals surface area (Å²) in [6.45, 7) is 4.16. The molecule has 0 fully saturated rings. The van der Waals surface area contributed by atoms with Crippen molar-refractivity contribution in [3.8, 4) is 0 Å². The Morgan fingerprint density at radius 3 is 1.18 bits per heavy atom. The molecule has 5 heteroatoms. The van der Waals surface area contributed by atoms with Crippen molar-refractivity contribution in [1.29, 1.82) is 0 Å². The van der Waals surface area contributed by atoms with Crippen molar-refractivity contribution in [2.24, 2.45) is 0 Å². The molecule has 0 rings (SSSR count). The second kappa shape index (κ2) is 50.9. The number of nitrogens with one attached hydrogen (secondary N) is 1. The van der Waals surface area contributed by atoms with Gasteiger partial charge in [0.25, 0.3) is 0 Å². The molecule has 0 spiro atoms. The van der Waals surface area contributed by atoms with Crippen LogP contribution in [-0.2, 0) is 4.79 Å². The Hall–Kier alpha value is -1.69. The Bertz CT molecular complexity index is 989. The van der Waals surface area contributed by atoms with E-state index in [1.807, 2.05) is 6.08 Å². The second-order valence-electron chi connectivity index (χ2n) is 18.5. The lowest BCUT2D eigenvalue weighted by Gasteiger charge is -2.21. The molecule has 0 aliphatic rings. The summed E-state index contributed by atoms with van der Waals surface area (Å²) in [4.78, 5) is 12.4. The predicted octanol–water partition coefficient (Wildman–Crippen LogP) is 16.4. The minimum Gasteiger partial charge on any atom is -0.394 e. The molecule has 0 aromatic heterocycles. The van der Waals surface area contributed by atoms with E-state index in [-0.39, 0.29) is 18.9 Å². The highest BCUT2D eigenvalue weighted by Gasteiger charge is 2.20. The molecule has 3 unspecified atom stereocenters. The van der Waals surface area contributed by atoms with Crippen LogP contribution >= 0.6 is 0 Å². The summed E-state index contributed by atoms with van der Waals surface area (Å²) in [7, 11) is 0. The van der Waals surface area contributed by atoms with E-state index >= 15 is 0 Å². The van der Waals surface area contributed by atoms with Crippen molar-refractivity contribution < 1.29 is 20.1 Å². The zero-order chi connectivity index (χ0) is 44.4. The first-order valence-corrected chi connectivity index (χ1v) is 26.9. The van der Waals surface area contributed by atoms with Crippen molar-refractivity contribution in [1.82, 2.24) is 5.32 Å². The Balaban J connectivity index is 3.46. The number of rotatable bonds is 49. The Labute approximate surface area is 380 Å². The third-order valence-corrected chi connectivity index (χ3v) is 12.3. The molecule has 358 valence electrons. The predicted molar refractivity (Wildman–Crippen MR) is 268 cm³/mol. The van der Waals surface area contributed by atoms with Gasteiger partial charge in [-0.05, 0) is 64.2 Å². The third kappa shape index (κ3) is 47.6. The maximum atomic E-state index is 12.4. The number of unbranched alkanes of at least 4 members (excludes halogenated alkanes) is 34. The number of hydrogen-bond donors (Lipinski definition) is 4. The van der Waals surface area contributed by atoms with E-state index in [9.17, 15) is 20.1 Å². The molecule has 0 saturated heterocycles. The first-order chi connectivity index (χ1) is 30.0. The van der Waals surface area contributed by atoms with Crippen LogP contribution in [0.2, 0.25) is 0 Å². The van der Waals surface area contributed by atoms with Crippen LogP contribution in [0, 0.1) is 0 Å². The van der Waals surface area contributed by atoms with Gasteiger partial charge < -0.3 is 20.6 Å². The quantitative estimate of drug-likeness (QED) is 0.0362. The molecule has 0 bridgehead atoms. The number of aliphatic hydroxyl groups excluding tert-OH is 3. The number of carbonyl (C=O) groups is 1. The van der Waals surface area contributed by atoms with Crippen molar-refractivity contribution >= 4 is 5.91 Å². The highest BCUT2D eigenvalue weighted by Crippen LogP contribution is 2.17. The van der Waals surface area contributed by atoms with Crippen molar-refractivity contribution in [2.75, 3.05) is 6.61 Å². The van der Waals surface area contributed by atoms with Crippen LogP contribution in [0.3, 0.4) is 0 Å². The van der Waals surface area contributed by atoms with Crippen molar-refractivity contribution in [3.63, 3.8) is 0 Å². The summed E-state index contributed by atoms with van der Waals surface area (Å²) < 4.78 is 0. The molecule has 0 radical (unpaired) electrons. The van der Waals surface area contributed by atoms with Crippen LogP contribution in [0.1, 0.15) is 277 Å². The van der Waals surface area contributed by atoms with E-state index < -0.39 is 18.2 Å². The van der Waals surface area contributed by atoms with E-state index in [1.165, 1.54) is 212 Å². The molecule has 0 aliphatic carbocycles. The zero-order valence-corrected chi connectivity index (χ0v) is 40.8. The van der Waals surface area contributed by atoms with Gasteiger partial charge in [-0.15, -0.1) is 0 Å². The fourth-order valence-corrected chi connectivity index (χ4v) is 8.21. The van der Waals surface area contributed by atoms with Gasteiger partial charge >= 0.3 is 0 Å². The van der Waals surface area contributed by atoms with Gasteiger partial charge in [0.2, 0.25) is 5.91 Å². The fraction of sp³-hybridized carbons (Fsp3) is 0.839. The Kier molecular flexibility index (Phi) is 49.5. The molecule has 0 heterocycles. The van der Waals surface area contributed by atoms with Gasteiger partial charge in [0.05, 0.1) is 31.3 Å². The lowest BCUT2D eigenvalue weighted by molar-refractivity contribution is -0.124. The molecule has 4 N–H and O–H groups in total. The number of amides is 1. The SMILES string of the molecule is CCCCC/C=C/CC/C=C/C(O)C(CO)NC(=O)CC(O)CCCCCCCCCCCCCCCCC/C=C\C/C=C\CCCCCCCCCCCCCCCCC. The largest absolute Gasteiger partial charge is 0.394 e. The minimum atomic E-state index is -0.950. The van der Waals surface area contributed by atoms with E-state index in [1.54, 1.807) is 6.08 Å². The molecule has 5 nitrogen and oxygen atoms in total. The molecule has 0 saturated carbocycles. The average molecular weight is 856 g/mol. The molecule has 0 aromatic carbocycles. The summed E-state index contributed by atoms with van der Waals surface area (Å²) in [6, 6.07) is -0.760. The Morgan fingerprint density at radius 1 is 0.426 bits per heavy atom. The smallest absolute Gasteiger partial charge is 0.222 e. The fourth-order valence-electron chi connectivity index (χ4n) is 8.21. The zero-order valence-electron chi connectivity index (χ0n) is 40.8. The molecule has 61 heavy (non-hydrogen) atoms. The molecule has 0 aliphatic heterocycles. The second-order valence-corrected chi connectivity index (χ2v) is 18.5. The van der Waals surface area contributed by atoms with E-state index in [0.717, 1.165) is 38.5 Å².